The van der Waals surface area contributed by atoms with Gasteiger partial charge in [0, 0.05) is 17.3 Å². The van der Waals surface area contributed by atoms with Gasteiger partial charge < -0.3 is 14.5 Å². The van der Waals surface area contributed by atoms with Crippen LogP contribution in [-0.4, -0.2) is 41.2 Å². The summed E-state index contributed by atoms with van der Waals surface area (Å²) in [5.41, 5.74) is 1.25. The van der Waals surface area contributed by atoms with Gasteiger partial charge in [-0.1, -0.05) is 11.1 Å². The van der Waals surface area contributed by atoms with Crippen LogP contribution >= 0.6 is 0 Å². The minimum Gasteiger partial charge on any atom is -0.490 e. The Bertz CT molecular complexity index is 1130. The van der Waals surface area contributed by atoms with E-state index < -0.39 is 11.8 Å². The number of nitrogens with one attached hydrogen (secondary N) is 2. The third-order valence-corrected chi connectivity index (χ3v) is 5.63. The number of alkyl halides is 1. The number of aromatic amines is 2. The van der Waals surface area contributed by atoms with E-state index in [1.54, 1.807) is 18.6 Å². The van der Waals surface area contributed by atoms with Crippen molar-refractivity contribution in [2.75, 3.05) is 13.2 Å². The normalized spacial score (nSPS) is 21.4. The number of hydrogen-bond acceptors (Lipinski definition) is 4. The van der Waals surface area contributed by atoms with Gasteiger partial charge in [-0.25, -0.2) is 13.8 Å². The zero-order chi connectivity index (χ0) is 21.6. The molecule has 31 heavy (non-hydrogen) atoms. The van der Waals surface area contributed by atoms with Crippen molar-refractivity contribution in [2.45, 2.75) is 50.3 Å². The van der Waals surface area contributed by atoms with Gasteiger partial charge in [0.05, 0.1) is 18.7 Å². The van der Waals surface area contributed by atoms with E-state index in [1.165, 1.54) is 44.5 Å². The van der Waals surface area contributed by atoms with Crippen LogP contribution in [0, 0.1) is 5.82 Å². The minimum atomic E-state index is -1.47. The van der Waals surface area contributed by atoms with Gasteiger partial charge in [0.2, 0.25) is 12.0 Å². The van der Waals surface area contributed by atoms with E-state index in [4.69, 9.17) is 14.5 Å². The molecule has 3 heterocycles. The summed E-state index contributed by atoms with van der Waals surface area (Å²) >= 11 is 0. The second-order valence-electron chi connectivity index (χ2n) is 8.88. The fourth-order valence-electron chi connectivity index (χ4n) is 3.88. The molecule has 2 aliphatic rings. The number of fused-ring (bicyclic) bond motifs is 2. The smallest absolute Gasteiger partial charge is 0.272 e. The lowest BCUT2D eigenvalue weighted by atomic mass is 9.91. The molecule has 6 nitrogen and oxygen atoms in total. The molecule has 1 fully saturated rings. The first-order valence-corrected chi connectivity index (χ1v) is 10.5. The highest BCUT2D eigenvalue weighted by Gasteiger charge is 2.34. The maximum absolute atomic E-state index is 14.1. The lowest BCUT2D eigenvalue weighted by Crippen LogP contribution is -2.37. The van der Waals surface area contributed by atoms with Crippen molar-refractivity contribution in [1.29, 1.82) is 0 Å². The molecule has 1 unspecified atom stereocenters. The Balaban J connectivity index is 1.48. The Morgan fingerprint density at radius 2 is 2.19 bits per heavy atom. The number of aromatic nitrogens is 3. The molecule has 2 atom stereocenters. The molecule has 1 saturated carbocycles. The lowest BCUT2D eigenvalue weighted by Gasteiger charge is -2.32. The molecule has 0 amide bonds. The van der Waals surface area contributed by atoms with E-state index in [-0.39, 0.29) is 24.9 Å². The number of ether oxygens (including phenoxy) is 2. The highest BCUT2D eigenvalue weighted by atomic mass is 19.1. The van der Waals surface area contributed by atoms with E-state index >= 15 is 0 Å². The van der Waals surface area contributed by atoms with Crippen LogP contribution in [0.4, 0.5) is 14.6 Å². The molecule has 5 rings (SSSR count). The molecule has 2 aromatic heterocycles. The molecule has 0 saturated heterocycles. The monoisotopic (exact) mass is 427 g/mol. The summed E-state index contributed by atoms with van der Waals surface area (Å²) in [7, 11) is 0. The van der Waals surface area contributed by atoms with E-state index in [0.717, 1.165) is 16.6 Å². The predicted octanol–water partition coefficient (Wildman–Crippen LogP) is 4.41. The molecule has 8 heteroatoms. The quantitative estimate of drug-likeness (QED) is 0.593. The number of H-pyrrole nitrogens is 2. The molecular formula is C23H25F2N4O2+. The van der Waals surface area contributed by atoms with Crippen molar-refractivity contribution in [3.8, 4) is 5.75 Å². The summed E-state index contributed by atoms with van der Waals surface area (Å²) < 4.78 is 39.3. The second-order valence-corrected chi connectivity index (χ2v) is 8.88. The van der Waals surface area contributed by atoms with Gasteiger partial charge in [0.1, 0.15) is 35.3 Å². The van der Waals surface area contributed by atoms with Gasteiger partial charge in [0.15, 0.2) is 0 Å². The average Bonchev–Trinajstić information content (AvgIpc) is 3.48. The zero-order valence-corrected chi connectivity index (χ0v) is 17.5. The van der Waals surface area contributed by atoms with Gasteiger partial charge in [-0.3, -0.25) is 0 Å². The number of rotatable bonds is 6. The number of hydrogen-bond donors (Lipinski definition) is 1. The van der Waals surface area contributed by atoms with Gasteiger partial charge in [-0.05, 0) is 44.7 Å². The van der Waals surface area contributed by atoms with Crippen molar-refractivity contribution in [1.82, 2.24) is 9.97 Å². The molecule has 1 aliphatic heterocycles. The summed E-state index contributed by atoms with van der Waals surface area (Å²) in [5, 5.41) is 0.911. The van der Waals surface area contributed by atoms with Crippen molar-refractivity contribution < 1.29 is 23.2 Å². The Morgan fingerprint density at radius 3 is 2.97 bits per heavy atom. The maximum atomic E-state index is 14.1. The Morgan fingerprint density at radius 1 is 1.35 bits per heavy atom. The van der Waals surface area contributed by atoms with Crippen molar-refractivity contribution in [3.63, 3.8) is 0 Å². The van der Waals surface area contributed by atoms with Crippen LogP contribution in [0.5, 0.6) is 5.75 Å². The fourth-order valence-corrected chi connectivity index (χ4v) is 3.88. The fraction of sp³-hybridized carbons (Fsp3) is 0.435. The van der Waals surface area contributed by atoms with Crippen LogP contribution in [0.25, 0.3) is 11.0 Å². The van der Waals surface area contributed by atoms with Crippen LogP contribution in [0.2, 0.25) is 0 Å². The Kier molecular flexibility index (Phi) is 4.97. The number of nitrogens with zero attached hydrogens (tertiary/aromatic N) is 2. The lowest BCUT2D eigenvalue weighted by molar-refractivity contribution is -0.365. The third kappa shape index (κ3) is 4.30. The summed E-state index contributed by atoms with van der Waals surface area (Å²) in [6.45, 7) is 3.05. The van der Waals surface area contributed by atoms with Gasteiger partial charge in [-0.2, -0.15) is 0 Å². The number of benzene rings is 1. The molecular weight excluding hydrogens is 402 g/mol. The summed E-state index contributed by atoms with van der Waals surface area (Å²) in [6, 6.07) is 6.51. The third-order valence-electron chi connectivity index (χ3n) is 5.63. The largest absolute Gasteiger partial charge is 0.490 e. The molecule has 2 N–H and O–H groups in total. The summed E-state index contributed by atoms with van der Waals surface area (Å²) in [6.07, 6.45) is 5.31. The first-order valence-electron chi connectivity index (χ1n) is 10.5. The summed E-state index contributed by atoms with van der Waals surface area (Å²) in [4.78, 5) is 15.6. The maximum Gasteiger partial charge on any atom is 0.272 e. The van der Waals surface area contributed by atoms with Crippen LogP contribution in [0.15, 0.2) is 35.6 Å². The standard InChI is InChI=1S/C23H24F2N4O2/c1-23(2,25)11-31-20-10-30-19-7-14(24)5-6-15(19)17(20)9-26-21-16-8-18(13-3-4-13)29-22(16)28-12-27-21/h5-9,12-13,17,20H,3-4,10-11H2,1-2H3,(H,27,28,29)/p+1/b26-9-/t17?,20-/m0/s1. The molecule has 0 bridgehead atoms. The second kappa shape index (κ2) is 7.67. The zero-order valence-electron chi connectivity index (χ0n) is 17.5. The van der Waals surface area contributed by atoms with Crippen molar-refractivity contribution in [3.05, 3.63) is 47.7 Å². The topological polar surface area (TPSA) is 73.6 Å². The SMILES string of the molecule is CC(C)(F)CO[C@H]1COc2cc(F)ccc2C1/C=N\c1[nH+]cnc2[nH]c(C3CC3)cc12. The first-order chi connectivity index (χ1) is 14.9. The number of aliphatic imine (C=N–C) groups is 1. The number of halogens is 2. The molecule has 0 radical (unpaired) electrons. The van der Waals surface area contributed by atoms with Crippen molar-refractivity contribution in [2.24, 2.45) is 4.99 Å². The Labute approximate surface area is 178 Å². The van der Waals surface area contributed by atoms with Gasteiger partial charge in [0.25, 0.3) is 5.82 Å². The van der Waals surface area contributed by atoms with Crippen LogP contribution < -0.4 is 9.72 Å². The molecule has 1 aliphatic carbocycles. The first kappa shape index (κ1) is 20.1. The molecule has 1 aromatic carbocycles. The predicted molar refractivity (Wildman–Crippen MR) is 112 cm³/mol. The van der Waals surface area contributed by atoms with Gasteiger partial charge in [-0.15, -0.1) is 4.99 Å². The van der Waals surface area contributed by atoms with Crippen LogP contribution in [0.3, 0.4) is 0 Å². The van der Waals surface area contributed by atoms with Gasteiger partial charge >= 0.3 is 0 Å². The minimum absolute atomic E-state index is 0.0733. The van der Waals surface area contributed by atoms with E-state index in [1.807, 2.05) is 0 Å². The molecule has 162 valence electrons. The molecule has 0 spiro atoms. The van der Waals surface area contributed by atoms with Crippen molar-refractivity contribution >= 4 is 23.1 Å². The summed E-state index contributed by atoms with van der Waals surface area (Å²) in [5.74, 6) is 1.02. The molecule has 3 aromatic rings. The highest BCUT2D eigenvalue weighted by molar-refractivity contribution is 5.87. The van der Waals surface area contributed by atoms with E-state index in [2.05, 4.69) is 21.0 Å². The van der Waals surface area contributed by atoms with Crippen LogP contribution in [0.1, 0.15) is 49.8 Å². The van der Waals surface area contributed by atoms with E-state index in [0.29, 0.717) is 17.5 Å². The van der Waals surface area contributed by atoms with E-state index in [9.17, 15) is 8.78 Å². The highest BCUT2D eigenvalue weighted by Crippen LogP contribution is 2.41. The Hall–Kier alpha value is -2.87. The van der Waals surface area contributed by atoms with Crippen LogP contribution in [-0.2, 0) is 4.74 Å². The average molecular weight is 427 g/mol.